The van der Waals surface area contributed by atoms with Crippen molar-refractivity contribution in [2.75, 3.05) is 5.32 Å². The number of phenolic OH excluding ortho intramolecular Hbond substituents is 1. The number of nitrogens with one attached hydrogen (secondary N) is 1. The van der Waals surface area contributed by atoms with Crippen LogP contribution in [-0.4, -0.2) is 11.0 Å². The lowest BCUT2D eigenvalue weighted by Crippen LogP contribution is -2.17. The maximum atomic E-state index is 13.0. The maximum Gasteiger partial charge on any atom is 0.259 e. The highest BCUT2D eigenvalue weighted by Crippen LogP contribution is 2.36. The number of amides is 1. The average molecular weight is 431 g/mol. The van der Waals surface area contributed by atoms with Gasteiger partial charge in [0.15, 0.2) is 0 Å². The van der Waals surface area contributed by atoms with Gasteiger partial charge in [-0.3, -0.25) is 4.79 Å². The van der Waals surface area contributed by atoms with Gasteiger partial charge in [0.25, 0.3) is 5.91 Å². The molecule has 0 heterocycles. The largest absolute Gasteiger partial charge is 0.507 e. The summed E-state index contributed by atoms with van der Waals surface area (Å²) in [5.74, 6) is -0.545. The summed E-state index contributed by atoms with van der Waals surface area (Å²) in [5.41, 5.74) is 3.04. The third-order valence-corrected chi connectivity index (χ3v) is 5.11. The average Bonchev–Trinajstić information content (AvgIpc) is 2.74. The second kappa shape index (κ2) is 9.07. The number of halogens is 1. The van der Waals surface area contributed by atoms with Crippen molar-refractivity contribution in [3.05, 3.63) is 93.5 Å². The Morgan fingerprint density at radius 2 is 1.71 bits per heavy atom. The van der Waals surface area contributed by atoms with Gasteiger partial charge in [0, 0.05) is 5.56 Å². The number of nitriles is 1. The lowest BCUT2D eigenvalue weighted by atomic mass is 9.83. The molecule has 0 spiro atoms. The van der Waals surface area contributed by atoms with Crippen LogP contribution in [0.4, 0.5) is 5.69 Å². The number of hydrogen-bond acceptors (Lipinski definition) is 3. The van der Waals surface area contributed by atoms with Crippen LogP contribution in [0.15, 0.2) is 60.7 Å². The Morgan fingerprint density at radius 1 is 1.03 bits per heavy atom. The molecule has 0 aliphatic heterocycles. The van der Waals surface area contributed by atoms with Crippen LogP contribution in [0.25, 0.3) is 12.2 Å². The van der Waals surface area contributed by atoms with E-state index in [9.17, 15) is 9.90 Å². The summed E-state index contributed by atoms with van der Waals surface area (Å²) >= 11 is 6.19. The van der Waals surface area contributed by atoms with E-state index < -0.39 is 5.91 Å². The number of anilines is 1. The summed E-state index contributed by atoms with van der Waals surface area (Å²) in [5, 5.41) is 22.8. The highest BCUT2D eigenvalue weighted by molar-refractivity contribution is 6.34. The Bertz CT molecular complexity index is 1190. The van der Waals surface area contributed by atoms with Crippen molar-refractivity contribution < 1.29 is 9.90 Å². The second-order valence-corrected chi connectivity index (χ2v) is 8.63. The summed E-state index contributed by atoms with van der Waals surface area (Å²) in [7, 11) is 0. The third kappa shape index (κ3) is 5.33. The first kappa shape index (κ1) is 22.1. The standard InChI is InChI=1S/C26H23ClN2O2/c1-26(2,3)21-14-18(10-9-17-7-5-4-6-8-17)13-20(24(21)30)25(31)29-23-12-11-19(16-28)15-22(23)27/h4-15,30H,1-3H3,(H,29,31). The normalized spacial score (nSPS) is 11.3. The Labute approximate surface area is 187 Å². The fraction of sp³-hybridized carbons (Fsp3) is 0.154. The van der Waals surface area contributed by atoms with Crippen molar-refractivity contribution in [2.45, 2.75) is 26.2 Å². The number of carbonyl (C=O) groups excluding carboxylic acids is 1. The fourth-order valence-electron chi connectivity index (χ4n) is 3.13. The third-order valence-electron chi connectivity index (χ3n) is 4.80. The van der Waals surface area contributed by atoms with Gasteiger partial charge in [-0.15, -0.1) is 0 Å². The van der Waals surface area contributed by atoms with Crippen molar-refractivity contribution >= 4 is 35.3 Å². The van der Waals surface area contributed by atoms with Crippen molar-refractivity contribution in [1.82, 2.24) is 0 Å². The molecule has 0 bridgehead atoms. The van der Waals surface area contributed by atoms with Crippen LogP contribution in [0.2, 0.25) is 5.02 Å². The molecule has 0 atom stereocenters. The molecule has 2 N–H and O–H groups in total. The van der Waals surface area contributed by atoms with Gasteiger partial charge >= 0.3 is 0 Å². The first-order valence-electron chi connectivity index (χ1n) is 9.80. The number of rotatable bonds is 4. The van der Waals surface area contributed by atoms with E-state index >= 15 is 0 Å². The number of aromatic hydroxyl groups is 1. The van der Waals surface area contributed by atoms with E-state index in [1.54, 1.807) is 18.2 Å². The van der Waals surface area contributed by atoms with Crippen molar-refractivity contribution in [1.29, 1.82) is 5.26 Å². The van der Waals surface area contributed by atoms with Crippen LogP contribution >= 0.6 is 11.6 Å². The maximum absolute atomic E-state index is 13.0. The van der Waals surface area contributed by atoms with Crippen LogP contribution in [0, 0.1) is 11.3 Å². The molecule has 4 nitrogen and oxygen atoms in total. The van der Waals surface area contributed by atoms with Crippen LogP contribution in [0.1, 0.15) is 53.4 Å². The van der Waals surface area contributed by atoms with Crippen molar-refractivity contribution in [2.24, 2.45) is 0 Å². The summed E-state index contributed by atoms with van der Waals surface area (Å²) in [6, 6.07) is 20.0. The lowest BCUT2D eigenvalue weighted by Gasteiger charge is -2.23. The van der Waals surface area contributed by atoms with Gasteiger partial charge in [-0.1, -0.05) is 74.9 Å². The van der Waals surface area contributed by atoms with Crippen LogP contribution < -0.4 is 5.32 Å². The molecule has 0 fully saturated rings. The van der Waals surface area contributed by atoms with Gasteiger partial charge in [-0.25, -0.2) is 0 Å². The van der Waals surface area contributed by atoms with E-state index in [-0.39, 0.29) is 21.8 Å². The Balaban J connectivity index is 2.01. The number of carbonyl (C=O) groups is 1. The first-order chi connectivity index (χ1) is 14.7. The van der Waals surface area contributed by atoms with Gasteiger partial charge in [-0.2, -0.15) is 5.26 Å². The lowest BCUT2D eigenvalue weighted by molar-refractivity contribution is 0.102. The topological polar surface area (TPSA) is 73.1 Å². The van der Waals surface area contributed by atoms with E-state index in [4.69, 9.17) is 16.9 Å². The molecular formula is C26H23ClN2O2. The molecule has 0 aliphatic rings. The Kier molecular flexibility index (Phi) is 6.48. The van der Waals surface area contributed by atoms with Gasteiger partial charge in [0.1, 0.15) is 5.75 Å². The molecule has 0 saturated heterocycles. The number of phenols is 1. The molecular weight excluding hydrogens is 408 g/mol. The SMILES string of the molecule is CC(C)(C)c1cc(C=Cc2ccccc2)cc(C(=O)Nc2ccc(C#N)cc2Cl)c1O. The minimum absolute atomic E-state index is 0.0633. The molecule has 3 aromatic rings. The summed E-state index contributed by atoms with van der Waals surface area (Å²) in [4.78, 5) is 13.0. The quantitative estimate of drug-likeness (QED) is 0.456. The highest BCUT2D eigenvalue weighted by Gasteiger charge is 2.24. The fourth-order valence-corrected chi connectivity index (χ4v) is 3.36. The molecule has 3 rings (SSSR count). The van der Waals surface area contributed by atoms with Gasteiger partial charge < -0.3 is 10.4 Å². The minimum Gasteiger partial charge on any atom is -0.507 e. The van der Waals surface area contributed by atoms with Crippen LogP contribution in [-0.2, 0) is 5.41 Å². The molecule has 0 aromatic heterocycles. The van der Waals surface area contributed by atoms with Crippen LogP contribution in [0.5, 0.6) is 5.75 Å². The molecule has 0 aliphatic carbocycles. The van der Waals surface area contributed by atoms with E-state index in [1.165, 1.54) is 6.07 Å². The number of benzene rings is 3. The summed E-state index contributed by atoms with van der Waals surface area (Å²) in [6.45, 7) is 5.93. The first-order valence-corrected chi connectivity index (χ1v) is 10.2. The van der Waals surface area contributed by atoms with E-state index in [0.717, 1.165) is 11.1 Å². The van der Waals surface area contributed by atoms with Crippen LogP contribution in [0.3, 0.4) is 0 Å². The smallest absolute Gasteiger partial charge is 0.259 e. The molecule has 1 amide bonds. The zero-order valence-corrected chi connectivity index (χ0v) is 18.4. The zero-order chi connectivity index (χ0) is 22.6. The van der Waals surface area contributed by atoms with E-state index in [1.807, 2.05) is 75.4 Å². The summed E-state index contributed by atoms with van der Waals surface area (Å²) < 4.78 is 0. The zero-order valence-electron chi connectivity index (χ0n) is 17.6. The highest BCUT2D eigenvalue weighted by atomic mass is 35.5. The Morgan fingerprint density at radius 3 is 2.32 bits per heavy atom. The van der Waals surface area contributed by atoms with Gasteiger partial charge in [-0.05, 0) is 46.9 Å². The molecule has 0 unspecified atom stereocenters. The van der Waals surface area contributed by atoms with Crippen molar-refractivity contribution in [3.8, 4) is 11.8 Å². The molecule has 0 saturated carbocycles. The number of nitrogens with zero attached hydrogens (tertiary/aromatic N) is 1. The predicted molar refractivity (Wildman–Crippen MR) is 126 cm³/mol. The monoisotopic (exact) mass is 430 g/mol. The molecule has 5 heteroatoms. The van der Waals surface area contributed by atoms with E-state index in [0.29, 0.717) is 16.8 Å². The molecule has 0 radical (unpaired) electrons. The molecule has 31 heavy (non-hydrogen) atoms. The molecule has 156 valence electrons. The minimum atomic E-state index is -0.482. The van der Waals surface area contributed by atoms with Gasteiger partial charge in [0.2, 0.25) is 0 Å². The predicted octanol–water partition coefficient (Wildman–Crippen LogP) is 6.64. The number of hydrogen-bond donors (Lipinski definition) is 2. The molecule has 3 aromatic carbocycles. The second-order valence-electron chi connectivity index (χ2n) is 8.22. The Hall–Kier alpha value is -3.55. The van der Waals surface area contributed by atoms with Crippen molar-refractivity contribution in [3.63, 3.8) is 0 Å². The van der Waals surface area contributed by atoms with Gasteiger partial charge in [0.05, 0.1) is 27.9 Å². The summed E-state index contributed by atoms with van der Waals surface area (Å²) in [6.07, 6.45) is 3.87. The van der Waals surface area contributed by atoms with E-state index in [2.05, 4.69) is 5.32 Å².